The van der Waals surface area contributed by atoms with Gasteiger partial charge in [0.2, 0.25) is 0 Å². The normalized spacial score (nSPS) is 11.8. The van der Waals surface area contributed by atoms with Gasteiger partial charge in [0.15, 0.2) is 0 Å². The monoisotopic (exact) mass is 636 g/mol. The van der Waals surface area contributed by atoms with E-state index in [1.807, 2.05) is 0 Å². The van der Waals surface area contributed by atoms with Crippen molar-refractivity contribution in [2.45, 2.75) is 13.8 Å². The molecular formula is C48H32N2. The van der Waals surface area contributed by atoms with Crippen LogP contribution < -0.4 is 0 Å². The van der Waals surface area contributed by atoms with Crippen molar-refractivity contribution in [1.29, 1.82) is 0 Å². The van der Waals surface area contributed by atoms with Gasteiger partial charge in [0.05, 0.1) is 22.4 Å². The highest BCUT2D eigenvalue weighted by molar-refractivity contribution is 6.26. The average Bonchev–Trinajstić information content (AvgIpc) is 3.18. The second kappa shape index (κ2) is 11.1. The van der Waals surface area contributed by atoms with E-state index in [-0.39, 0.29) is 0 Å². The van der Waals surface area contributed by atoms with E-state index in [1.165, 1.54) is 65.2 Å². The van der Waals surface area contributed by atoms with Crippen LogP contribution in [0.15, 0.2) is 158 Å². The first-order chi connectivity index (χ1) is 24.7. The van der Waals surface area contributed by atoms with Crippen molar-refractivity contribution in [3.05, 3.63) is 169 Å². The summed E-state index contributed by atoms with van der Waals surface area (Å²) < 4.78 is 0. The van der Waals surface area contributed by atoms with Crippen molar-refractivity contribution >= 4 is 64.9 Å². The van der Waals surface area contributed by atoms with Gasteiger partial charge < -0.3 is 0 Å². The summed E-state index contributed by atoms with van der Waals surface area (Å²) in [6.07, 6.45) is 0. The predicted octanol–water partition coefficient (Wildman–Crippen LogP) is 13.0. The van der Waals surface area contributed by atoms with Crippen LogP contribution >= 0.6 is 0 Å². The highest BCUT2D eigenvalue weighted by atomic mass is 14.7. The lowest BCUT2D eigenvalue weighted by atomic mass is 9.85. The Hall–Kier alpha value is -6.38. The molecule has 2 heteroatoms. The first kappa shape index (κ1) is 28.6. The molecule has 0 bridgehead atoms. The zero-order valence-electron chi connectivity index (χ0n) is 27.9. The Labute approximate surface area is 290 Å². The molecule has 0 aliphatic heterocycles. The van der Waals surface area contributed by atoms with E-state index < -0.39 is 0 Å². The lowest BCUT2D eigenvalue weighted by molar-refractivity contribution is 1.39. The third-order valence-electron chi connectivity index (χ3n) is 10.6. The minimum atomic E-state index is 0.989. The second-order valence-electron chi connectivity index (χ2n) is 13.3. The summed E-state index contributed by atoms with van der Waals surface area (Å²) in [5.41, 5.74) is 11.1. The van der Waals surface area contributed by atoms with Crippen molar-refractivity contribution in [3.63, 3.8) is 0 Å². The Balaban J connectivity index is 1.37. The molecule has 0 unspecified atom stereocenters. The number of para-hydroxylation sites is 1. The van der Waals surface area contributed by atoms with Crippen LogP contribution in [0, 0.1) is 13.8 Å². The molecular weight excluding hydrogens is 605 g/mol. The summed E-state index contributed by atoms with van der Waals surface area (Å²) in [6.45, 7) is 4.56. The Morgan fingerprint density at radius 1 is 0.340 bits per heavy atom. The van der Waals surface area contributed by atoms with Crippen LogP contribution in [0.4, 0.5) is 0 Å². The summed E-state index contributed by atoms with van der Waals surface area (Å²) in [5.74, 6) is 0. The number of pyridine rings is 2. The van der Waals surface area contributed by atoms with Crippen LogP contribution in [0.1, 0.15) is 11.1 Å². The molecule has 50 heavy (non-hydrogen) atoms. The van der Waals surface area contributed by atoms with Crippen LogP contribution in [0.2, 0.25) is 0 Å². The van der Waals surface area contributed by atoms with Crippen LogP contribution in [-0.2, 0) is 0 Å². The van der Waals surface area contributed by atoms with Gasteiger partial charge in [-0.2, -0.15) is 0 Å². The van der Waals surface area contributed by atoms with Crippen molar-refractivity contribution < 1.29 is 0 Å². The SMILES string of the molecule is Cc1c2c(-c3ccccc3)nc3cc(-c4cc5ccccc5c5ccccc45)ccc3c2c(C)c2c(-c3ccccc3)nc3ccccc3c12. The van der Waals surface area contributed by atoms with Gasteiger partial charge in [-0.05, 0) is 86.6 Å². The quantitative estimate of drug-likeness (QED) is 0.142. The lowest BCUT2D eigenvalue weighted by Gasteiger charge is -2.21. The summed E-state index contributed by atoms with van der Waals surface area (Å²) in [7, 11) is 0. The highest BCUT2D eigenvalue weighted by Gasteiger charge is 2.23. The fourth-order valence-corrected chi connectivity index (χ4v) is 8.31. The largest absolute Gasteiger partial charge is 0.247 e. The molecule has 0 radical (unpaired) electrons. The van der Waals surface area contributed by atoms with Crippen molar-refractivity contribution in [3.8, 4) is 33.6 Å². The molecule has 0 aliphatic carbocycles. The van der Waals surface area contributed by atoms with Gasteiger partial charge in [-0.3, -0.25) is 0 Å². The standard InChI is InChI=1S/C48H32N2/c1-29-43-38-23-13-14-24-41(38)49-47(31-15-5-3-6-16-31)45(43)30(2)44-39-26-25-34(28-42(39)50-48(46(29)44)32-17-7-4-8-18-32)40-27-33-19-9-10-20-35(33)36-21-11-12-22-37(36)40/h3-28H,1-2H3. The number of aryl methyl sites for hydroxylation is 2. The van der Waals surface area contributed by atoms with Crippen LogP contribution in [-0.4, -0.2) is 9.97 Å². The molecule has 0 amide bonds. The third kappa shape index (κ3) is 4.22. The number of nitrogens with zero attached hydrogens (tertiary/aromatic N) is 2. The minimum absolute atomic E-state index is 0.989. The smallest absolute Gasteiger partial charge is 0.0791 e. The minimum Gasteiger partial charge on any atom is -0.247 e. The molecule has 0 N–H and O–H groups in total. The van der Waals surface area contributed by atoms with E-state index in [0.717, 1.165) is 44.5 Å². The average molecular weight is 637 g/mol. The summed E-state index contributed by atoms with van der Waals surface area (Å²) >= 11 is 0. The Kier molecular flexibility index (Phi) is 6.34. The van der Waals surface area contributed by atoms with E-state index in [9.17, 15) is 0 Å². The Morgan fingerprint density at radius 2 is 0.840 bits per heavy atom. The molecule has 2 aromatic heterocycles. The molecule has 0 saturated carbocycles. The van der Waals surface area contributed by atoms with Gasteiger partial charge >= 0.3 is 0 Å². The molecule has 2 heterocycles. The first-order valence-electron chi connectivity index (χ1n) is 17.3. The summed E-state index contributed by atoms with van der Waals surface area (Å²) in [5, 5.41) is 12.2. The number of hydrogen-bond acceptors (Lipinski definition) is 2. The zero-order chi connectivity index (χ0) is 33.3. The molecule has 10 aromatic rings. The Bertz CT molecular complexity index is 2980. The van der Waals surface area contributed by atoms with Crippen LogP contribution in [0.25, 0.3) is 98.5 Å². The maximum absolute atomic E-state index is 5.56. The van der Waals surface area contributed by atoms with E-state index in [4.69, 9.17) is 9.97 Å². The van der Waals surface area contributed by atoms with Gasteiger partial charge in [-0.15, -0.1) is 0 Å². The second-order valence-corrected chi connectivity index (χ2v) is 13.3. The third-order valence-corrected chi connectivity index (χ3v) is 10.6. The summed E-state index contributed by atoms with van der Waals surface area (Å²) in [4.78, 5) is 10.9. The summed E-state index contributed by atoms with van der Waals surface area (Å²) in [6, 6.07) is 56.5. The number of aromatic nitrogens is 2. The molecule has 0 spiro atoms. The predicted molar refractivity (Wildman–Crippen MR) is 213 cm³/mol. The first-order valence-corrected chi connectivity index (χ1v) is 17.3. The highest BCUT2D eigenvalue weighted by Crippen LogP contribution is 2.46. The zero-order valence-corrected chi connectivity index (χ0v) is 27.9. The fourth-order valence-electron chi connectivity index (χ4n) is 8.31. The number of rotatable bonds is 3. The van der Waals surface area contributed by atoms with Crippen LogP contribution in [0.5, 0.6) is 0 Å². The maximum Gasteiger partial charge on any atom is 0.0791 e. The fraction of sp³-hybridized carbons (Fsp3) is 0.0417. The molecule has 10 rings (SSSR count). The van der Waals surface area contributed by atoms with Gasteiger partial charge in [0.1, 0.15) is 0 Å². The Morgan fingerprint density at radius 3 is 1.50 bits per heavy atom. The molecule has 2 nitrogen and oxygen atoms in total. The lowest BCUT2D eigenvalue weighted by Crippen LogP contribution is -1.99. The molecule has 234 valence electrons. The van der Waals surface area contributed by atoms with E-state index in [0.29, 0.717) is 0 Å². The van der Waals surface area contributed by atoms with Gasteiger partial charge in [-0.25, -0.2) is 9.97 Å². The molecule has 0 aliphatic rings. The molecule has 8 aromatic carbocycles. The van der Waals surface area contributed by atoms with Crippen LogP contribution in [0.3, 0.4) is 0 Å². The van der Waals surface area contributed by atoms with Crippen molar-refractivity contribution in [1.82, 2.24) is 9.97 Å². The molecule has 0 fully saturated rings. The molecule has 0 saturated heterocycles. The number of hydrogen-bond donors (Lipinski definition) is 0. The topological polar surface area (TPSA) is 25.8 Å². The van der Waals surface area contributed by atoms with E-state index in [2.05, 4.69) is 172 Å². The van der Waals surface area contributed by atoms with Gasteiger partial charge in [0.25, 0.3) is 0 Å². The van der Waals surface area contributed by atoms with Crippen molar-refractivity contribution in [2.75, 3.05) is 0 Å². The van der Waals surface area contributed by atoms with E-state index in [1.54, 1.807) is 0 Å². The van der Waals surface area contributed by atoms with Gasteiger partial charge in [-0.1, -0.05) is 140 Å². The molecule has 0 atom stereocenters. The number of benzene rings is 8. The maximum atomic E-state index is 5.56. The van der Waals surface area contributed by atoms with Crippen molar-refractivity contribution in [2.24, 2.45) is 0 Å². The van der Waals surface area contributed by atoms with E-state index >= 15 is 0 Å². The van der Waals surface area contributed by atoms with Gasteiger partial charge in [0, 0.05) is 32.7 Å². The number of fused-ring (bicyclic) bond motifs is 9.